The number of hydrogen-bond donors (Lipinski definition) is 0. The minimum Gasteiger partial charge on any atom is -0.302 e. The van der Waals surface area contributed by atoms with Crippen LogP contribution in [0.3, 0.4) is 0 Å². The molecule has 1 saturated heterocycles. The maximum Gasteiger partial charge on any atom is 0.0217 e. The van der Waals surface area contributed by atoms with E-state index in [-0.39, 0.29) is 0 Å². The van der Waals surface area contributed by atoms with Gasteiger partial charge in [0, 0.05) is 12.5 Å². The lowest BCUT2D eigenvalue weighted by Gasteiger charge is -2.35. The van der Waals surface area contributed by atoms with Crippen LogP contribution in [-0.2, 0) is 0 Å². The molecule has 1 aliphatic heterocycles. The number of hydrogen-bond acceptors (Lipinski definition) is 1. The van der Waals surface area contributed by atoms with E-state index in [9.17, 15) is 0 Å². The second-order valence-corrected chi connectivity index (χ2v) is 7.28. The Labute approximate surface area is 157 Å². The molecule has 3 aromatic carbocycles. The zero-order chi connectivity index (χ0) is 17.6. The molecule has 1 heterocycles. The Kier molecular flexibility index (Phi) is 5.47. The Morgan fingerprint density at radius 2 is 1.31 bits per heavy atom. The molecule has 131 valence electrons. The van der Waals surface area contributed by atoms with Crippen molar-refractivity contribution in [1.29, 1.82) is 0 Å². The van der Waals surface area contributed by atoms with Crippen LogP contribution in [0.5, 0.6) is 0 Å². The number of piperidine rings is 1. The lowest BCUT2D eigenvalue weighted by molar-refractivity contribution is 0.206. The summed E-state index contributed by atoms with van der Waals surface area (Å²) < 4.78 is 0. The Hall–Kier alpha value is -2.38. The van der Waals surface area contributed by atoms with E-state index in [4.69, 9.17) is 0 Å². The van der Waals surface area contributed by atoms with Crippen LogP contribution in [0.2, 0.25) is 0 Å². The standard InChI is InChI=1S/C25H26N/c1-4-10-21(11-5-1)22-16-18-26(19-17-22)20-25(23-12-6-2-7-13-23)24-14-8-3-9-15-24/h2-15,22,25H,16-20H2. The zero-order valence-corrected chi connectivity index (χ0v) is 15.2. The predicted molar refractivity (Wildman–Crippen MR) is 108 cm³/mol. The van der Waals surface area contributed by atoms with Gasteiger partial charge in [-0.2, -0.15) is 0 Å². The van der Waals surface area contributed by atoms with Crippen LogP contribution in [0.25, 0.3) is 0 Å². The van der Waals surface area contributed by atoms with Gasteiger partial charge in [-0.3, -0.25) is 0 Å². The van der Waals surface area contributed by atoms with Crippen molar-refractivity contribution in [2.45, 2.75) is 24.7 Å². The highest BCUT2D eigenvalue weighted by Crippen LogP contribution is 2.31. The van der Waals surface area contributed by atoms with Crippen molar-refractivity contribution in [3.05, 3.63) is 108 Å². The van der Waals surface area contributed by atoms with Crippen LogP contribution < -0.4 is 0 Å². The van der Waals surface area contributed by atoms with Crippen LogP contribution in [0, 0.1) is 6.07 Å². The summed E-state index contributed by atoms with van der Waals surface area (Å²) in [5, 5.41) is 0. The van der Waals surface area contributed by atoms with Crippen molar-refractivity contribution in [3.63, 3.8) is 0 Å². The van der Waals surface area contributed by atoms with E-state index in [1.165, 1.54) is 42.6 Å². The molecule has 1 fully saturated rings. The van der Waals surface area contributed by atoms with E-state index in [1.54, 1.807) is 0 Å². The molecule has 4 rings (SSSR count). The van der Waals surface area contributed by atoms with Crippen molar-refractivity contribution >= 4 is 0 Å². The summed E-state index contributed by atoms with van der Waals surface area (Å²) in [6.07, 6.45) is 2.50. The molecular weight excluding hydrogens is 314 g/mol. The molecule has 1 nitrogen and oxygen atoms in total. The number of likely N-dealkylation sites (tertiary alicyclic amines) is 1. The lowest BCUT2D eigenvalue weighted by Crippen LogP contribution is -2.36. The Balaban J connectivity index is 1.46. The van der Waals surface area contributed by atoms with Gasteiger partial charge in [-0.25, -0.2) is 0 Å². The summed E-state index contributed by atoms with van der Waals surface area (Å²) in [4.78, 5) is 2.65. The van der Waals surface area contributed by atoms with E-state index in [1.807, 2.05) is 12.1 Å². The fourth-order valence-corrected chi connectivity index (χ4v) is 4.15. The third-order valence-electron chi connectivity index (χ3n) is 5.65. The second kappa shape index (κ2) is 8.33. The van der Waals surface area contributed by atoms with Crippen molar-refractivity contribution in [1.82, 2.24) is 4.90 Å². The van der Waals surface area contributed by atoms with E-state index in [0.29, 0.717) is 11.8 Å². The highest BCUT2D eigenvalue weighted by molar-refractivity contribution is 5.33. The van der Waals surface area contributed by atoms with E-state index in [0.717, 1.165) is 6.54 Å². The topological polar surface area (TPSA) is 3.24 Å². The monoisotopic (exact) mass is 340 g/mol. The summed E-state index contributed by atoms with van der Waals surface area (Å²) in [6.45, 7) is 3.46. The largest absolute Gasteiger partial charge is 0.302 e. The molecule has 0 saturated carbocycles. The number of rotatable bonds is 5. The first-order valence-electron chi connectivity index (χ1n) is 9.68. The fourth-order valence-electron chi connectivity index (χ4n) is 4.15. The quantitative estimate of drug-likeness (QED) is 0.593. The van der Waals surface area contributed by atoms with Gasteiger partial charge in [0.15, 0.2) is 0 Å². The first-order valence-corrected chi connectivity index (χ1v) is 9.68. The summed E-state index contributed by atoms with van der Waals surface area (Å²) >= 11 is 0. The number of nitrogens with zero attached hydrogens (tertiary/aromatic N) is 1. The molecule has 0 N–H and O–H groups in total. The lowest BCUT2D eigenvalue weighted by atomic mass is 9.87. The Bertz CT molecular complexity index is 735. The molecule has 3 aromatic rings. The van der Waals surface area contributed by atoms with Gasteiger partial charge in [-0.1, -0.05) is 84.9 Å². The first-order chi connectivity index (χ1) is 12.9. The van der Waals surface area contributed by atoms with E-state index >= 15 is 0 Å². The van der Waals surface area contributed by atoms with Crippen LogP contribution >= 0.6 is 0 Å². The van der Waals surface area contributed by atoms with Crippen LogP contribution in [-0.4, -0.2) is 24.5 Å². The van der Waals surface area contributed by atoms with Gasteiger partial charge in [-0.05, 0) is 54.6 Å². The molecule has 0 atom stereocenters. The van der Waals surface area contributed by atoms with Crippen LogP contribution in [0.1, 0.15) is 41.4 Å². The molecule has 1 radical (unpaired) electrons. The van der Waals surface area contributed by atoms with E-state index in [2.05, 4.69) is 83.8 Å². The van der Waals surface area contributed by atoms with Crippen molar-refractivity contribution in [2.24, 2.45) is 0 Å². The minimum absolute atomic E-state index is 0.445. The molecule has 0 aliphatic carbocycles. The molecule has 0 amide bonds. The van der Waals surface area contributed by atoms with Gasteiger partial charge >= 0.3 is 0 Å². The minimum atomic E-state index is 0.445. The highest BCUT2D eigenvalue weighted by atomic mass is 15.1. The van der Waals surface area contributed by atoms with Gasteiger partial charge in [0.1, 0.15) is 0 Å². The predicted octanol–water partition coefficient (Wildman–Crippen LogP) is 5.50. The third kappa shape index (κ3) is 4.05. The molecule has 0 bridgehead atoms. The summed E-state index contributed by atoms with van der Waals surface area (Å²) in [7, 11) is 0. The number of benzene rings is 3. The maximum absolute atomic E-state index is 3.13. The second-order valence-electron chi connectivity index (χ2n) is 7.28. The van der Waals surface area contributed by atoms with E-state index < -0.39 is 0 Å². The highest BCUT2D eigenvalue weighted by Gasteiger charge is 2.24. The Morgan fingerprint density at radius 3 is 1.85 bits per heavy atom. The van der Waals surface area contributed by atoms with Crippen molar-refractivity contribution in [3.8, 4) is 0 Å². The molecule has 0 aromatic heterocycles. The molecule has 1 heteroatoms. The third-order valence-corrected chi connectivity index (χ3v) is 5.65. The van der Waals surface area contributed by atoms with Crippen LogP contribution in [0.4, 0.5) is 0 Å². The smallest absolute Gasteiger partial charge is 0.0217 e. The molecule has 0 unspecified atom stereocenters. The first kappa shape index (κ1) is 17.1. The van der Waals surface area contributed by atoms with Crippen molar-refractivity contribution < 1.29 is 0 Å². The summed E-state index contributed by atoms with van der Waals surface area (Å²) in [5.74, 6) is 1.15. The molecule has 1 aliphatic rings. The van der Waals surface area contributed by atoms with Gasteiger partial charge < -0.3 is 4.90 Å². The maximum atomic E-state index is 3.13. The van der Waals surface area contributed by atoms with Gasteiger partial charge in [0.2, 0.25) is 0 Å². The summed E-state index contributed by atoms with van der Waals surface area (Å²) in [6, 6.07) is 33.6. The fraction of sp³-hybridized carbons (Fsp3) is 0.280. The van der Waals surface area contributed by atoms with Crippen molar-refractivity contribution in [2.75, 3.05) is 19.6 Å². The summed E-state index contributed by atoms with van der Waals surface area (Å²) in [5.41, 5.74) is 4.31. The zero-order valence-electron chi connectivity index (χ0n) is 15.2. The average molecular weight is 340 g/mol. The molecule has 0 spiro atoms. The normalized spacial score (nSPS) is 16.0. The molecule has 26 heavy (non-hydrogen) atoms. The Morgan fingerprint density at radius 1 is 0.769 bits per heavy atom. The van der Waals surface area contributed by atoms with Gasteiger partial charge in [0.05, 0.1) is 0 Å². The molecular formula is C25H26N. The SMILES string of the molecule is [c]1ccc(C2CCN(CC(c3ccccc3)c3ccccc3)CC2)cc1. The average Bonchev–Trinajstić information content (AvgIpc) is 2.74. The van der Waals surface area contributed by atoms with Crippen LogP contribution in [0.15, 0.2) is 84.9 Å². The van der Waals surface area contributed by atoms with Gasteiger partial charge in [0.25, 0.3) is 0 Å². The van der Waals surface area contributed by atoms with Gasteiger partial charge in [-0.15, -0.1) is 0 Å².